The van der Waals surface area contributed by atoms with Gasteiger partial charge in [-0.1, -0.05) is 78.1 Å². The van der Waals surface area contributed by atoms with Gasteiger partial charge in [-0.3, -0.25) is 0 Å². The third-order valence-electron chi connectivity index (χ3n) is 4.87. The smallest absolute Gasteiger partial charge is 0.134 e. The summed E-state index contributed by atoms with van der Waals surface area (Å²) in [6.07, 6.45) is 17.5. The van der Waals surface area contributed by atoms with Crippen LogP contribution in [0.25, 0.3) is 0 Å². The molecule has 0 aliphatic rings. The normalized spacial score (nSPS) is 12.7. The van der Waals surface area contributed by atoms with E-state index in [0.717, 1.165) is 12.8 Å². The number of hydrogen-bond donors (Lipinski definition) is 0. The van der Waals surface area contributed by atoms with Crippen molar-refractivity contribution in [1.82, 2.24) is 0 Å². The van der Waals surface area contributed by atoms with Gasteiger partial charge < -0.3 is 9.68 Å². The van der Waals surface area contributed by atoms with Gasteiger partial charge in [0, 0.05) is 0 Å². The minimum Gasteiger partial charge on any atom is -0.371 e. The summed E-state index contributed by atoms with van der Waals surface area (Å²) in [5, 5.41) is 7.66. The molecule has 0 atom stereocenters. The maximum absolute atomic E-state index is 5.56. The summed E-state index contributed by atoms with van der Waals surface area (Å²) in [4.78, 5) is 11.1. The van der Waals surface area contributed by atoms with Gasteiger partial charge in [0.05, 0.1) is 10.6 Å². The van der Waals surface area contributed by atoms with Crippen LogP contribution in [0.15, 0.2) is 10.6 Å². The standard InChI is InChI=1S/C22H46N2O2/c1-7-9-11-13-15-17-19-21(3,4)25-23-24-26-22(5,6)20-18-16-14-12-10-8-2/h7-20H2,1-6H3/b24-23+. The number of hydrogen-bond acceptors (Lipinski definition) is 4. The molecule has 156 valence electrons. The van der Waals surface area contributed by atoms with Crippen molar-refractivity contribution in [2.24, 2.45) is 10.6 Å². The quantitative estimate of drug-likeness (QED) is 0.138. The molecule has 0 radical (unpaired) electrons. The van der Waals surface area contributed by atoms with Crippen LogP contribution in [0.2, 0.25) is 0 Å². The Morgan fingerprint density at radius 3 is 1.15 bits per heavy atom. The van der Waals surface area contributed by atoms with E-state index in [1.165, 1.54) is 77.0 Å². The first kappa shape index (κ1) is 25.2. The van der Waals surface area contributed by atoms with Gasteiger partial charge in [-0.2, -0.15) is 0 Å². The van der Waals surface area contributed by atoms with Crippen molar-refractivity contribution < 1.29 is 9.68 Å². The predicted molar refractivity (Wildman–Crippen MR) is 111 cm³/mol. The van der Waals surface area contributed by atoms with Gasteiger partial charge in [-0.15, -0.1) is 0 Å². The minimum atomic E-state index is -0.277. The monoisotopic (exact) mass is 370 g/mol. The minimum absolute atomic E-state index is 0.277. The lowest BCUT2D eigenvalue weighted by Crippen LogP contribution is -2.23. The third kappa shape index (κ3) is 16.7. The van der Waals surface area contributed by atoms with Crippen LogP contribution in [0.3, 0.4) is 0 Å². The molecule has 0 N–H and O–H groups in total. The molecule has 0 amide bonds. The van der Waals surface area contributed by atoms with Crippen molar-refractivity contribution in [2.45, 2.75) is 143 Å². The van der Waals surface area contributed by atoms with Crippen LogP contribution in [-0.4, -0.2) is 11.2 Å². The molecule has 26 heavy (non-hydrogen) atoms. The molecule has 0 aromatic rings. The van der Waals surface area contributed by atoms with Crippen LogP contribution in [0.4, 0.5) is 0 Å². The summed E-state index contributed by atoms with van der Waals surface area (Å²) >= 11 is 0. The SMILES string of the molecule is CCCCCCCCC(C)(C)O/N=N/OC(C)(C)CCCCCCCC. The zero-order valence-electron chi connectivity index (χ0n) is 18.6. The van der Waals surface area contributed by atoms with Gasteiger partial charge in [0.15, 0.2) is 0 Å². The van der Waals surface area contributed by atoms with Gasteiger partial charge >= 0.3 is 0 Å². The topological polar surface area (TPSA) is 43.2 Å². The largest absolute Gasteiger partial charge is 0.371 e. The van der Waals surface area contributed by atoms with Crippen molar-refractivity contribution >= 4 is 0 Å². The predicted octanol–water partition coefficient (Wildman–Crippen LogP) is 8.36. The summed E-state index contributed by atoms with van der Waals surface area (Å²) < 4.78 is 0. The zero-order chi connectivity index (χ0) is 19.7. The maximum atomic E-state index is 5.56. The van der Waals surface area contributed by atoms with Crippen LogP contribution in [0.1, 0.15) is 131 Å². The summed E-state index contributed by atoms with van der Waals surface area (Å²) in [5.41, 5.74) is -0.553. The van der Waals surface area contributed by atoms with Crippen LogP contribution >= 0.6 is 0 Å². The van der Waals surface area contributed by atoms with Crippen molar-refractivity contribution in [2.75, 3.05) is 0 Å². The number of nitrogens with zero attached hydrogens (tertiary/aromatic N) is 2. The van der Waals surface area contributed by atoms with Crippen LogP contribution in [0, 0.1) is 0 Å². The van der Waals surface area contributed by atoms with E-state index in [1.54, 1.807) is 0 Å². The van der Waals surface area contributed by atoms with Gasteiger partial charge in [0.1, 0.15) is 11.2 Å². The molecule has 0 aromatic carbocycles. The summed E-state index contributed by atoms with van der Waals surface area (Å²) in [6.45, 7) is 12.8. The fourth-order valence-corrected chi connectivity index (χ4v) is 3.01. The molecule has 0 aliphatic carbocycles. The van der Waals surface area contributed by atoms with E-state index in [9.17, 15) is 0 Å². The molecule has 0 heterocycles. The van der Waals surface area contributed by atoms with Crippen molar-refractivity contribution in [3.05, 3.63) is 0 Å². The van der Waals surface area contributed by atoms with Crippen molar-refractivity contribution in [1.29, 1.82) is 0 Å². The van der Waals surface area contributed by atoms with Crippen molar-refractivity contribution in [3.8, 4) is 0 Å². The molecular formula is C22H46N2O2. The Labute approximate surface area is 163 Å². The third-order valence-corrected chi connectivity index (χ3v) is 4.87. The molecule has 0 spiro atoms. The first-order valence-electron chi connectivity index (χ1n) is 11.1. The number of unbranched alkanes of at least 4 members (excludes halogenated alkanes) is 10. The molecule has 4 heteroatoms. The fourth-order valence-electron chi connectivity index (χ4n) is 3.01. The van der Waals surface area contributed by atoms with E-state index in [1.807, 2.05) is 0 Å². The second-order valence-electron chi connectivity index (χ2n) is 8.90. The van der Waals surface area contributed by atoms with Gasteiger partial charge in [0.25, 0.3) is 0 Å². The van der Waals surface area contributed by atoms with Crippen LogP contribution in [-0.2, 0) is 9.68 Å². The van der Waals surface area contributed by atoms with E-state index in [-0.39, 0.29) is 11.2 Å². The lowest BCUT2D eigenvalue weighted by atomic mass is 10.00. The lowest BCUT2D eigenvalue weighted by molar-refractivity contribution is -0.0946. The lowest BCUT2D eigenvalue weighted by Gasteiger charge is -2.23. The van der Waals surface area contributed by atoms with E-state index in [4.69, 9.17) is 9.68 Å². The molecule has 0 aromatic heterocycles. The maximum Gasteiger partial charge on any atom is 0.134 e. The highest BCUT2D eigenvalue weighted by Crippen LogP contribution is 2.22. The van der Waals surface area contributed by atoms with Gasteiger partial charge in [-0.05, 0) is 53.4 Å². The Morgan fingerprint density at radius 2 is 0.808 bits per heavy atom. The molecule has 0 bridgehead atoms. The Balaban J connectivity index is 3.82. The molecule has 0 saturated carbocycles. The molecule has 0 fully saturated rings. The molecule has 0 saturated heterocycles. The Kier molecular flexibility index (Phi) is 14.8. The molecule has 0 aliphatic heterocycles. The average Bonchev–Trinajstić information content (AvgIpc) is 2.58. The van der Waals surface area contributed by atoms with Gasteiger partial charge in [0.2, 0.25) is 0 Å². The molecular weight excluding hydrogens is 324 g/mol. The van der Waals surface area contributed by atoms with Crippen LogP contribution < -0.4 is 0 Å². The summed E-state index contributed by atoms with van der Waals surface area (Å²) in [5.74, 6) is 0. The first-order chi connectivity index (χ1) is 12.3. The Bertz CT molecular complexity index is 309. The second kappa shape index (κ2) is 15.3. The number of rotatable bonds is 18. The highest BCUT2D eigenvalue weighted by atomic mass is 16.7. The van der Waals surface area contributed by atoms with Crippen LogP contribution in [0.5, 0.6) is 0 Å². The van der Waals surface area contributed by atoms with Gasteiger partial charge in [-0.25, -0.2) is 0 Å². The van der Waals surface area contributed by atoms with E-state index >= 15 is 0 Å². The second-order valence-corrected chi connectivity index (χ2v) is 8.90. The first-order valence-corrected chi connectivity index (χ1v) is 11.1. The van der Waals surface area contributed by atoms with E-state index < -0.39 is 0 Å². The Morgan fingerprint density at radius 1 is 0.500 bits per heavy atom. The molecule has 4 nitrogen and oxygen atoms in total. The molecule has 0 unspecified atom stereocenters. The molecule has 0 rings (SSSR count). The fraction of sp³-hybridized carbons (Fsp3) is 1.00. The highest BCUT2D eigenvalue weighted by molar-refractivity contribution is 4.68. The Hall–Kier alpha value is -0.800. The summed E-state index contributed by atoms with van der Waals surface area (Å²) in [6, 6.07) is 0. The van der Waals surface area contributed by atoms with Crippen molar-refractivity contribution in [3.63, 3.8) is 0 Å². The van der Waals surface area contributed by atoms with E-state index in [2.05, 4.69) is 52.1 Å². The summed E-state index contributed by atoms with van der Waals surface area (Å²) in [7, 11) is 0. The van der Waals surface area contributed by atoms with E-state index in [0.29, 0.717) is 0 Å². The highest BCUT2D eigenvalue weighted by Gasteiger charge is 2.21. The average molecular weight is 371 g/mol. The zero-order valence-corrected chi connectivity index (χ0v) is 18.6.